The van der Waals surface area contributed by atoms with Crippen LogP contribution < -0.4 is 15.4 Å². The highest BCUT2D eigenvalue weighted by Gasteiger charge is 2.53. The first kappa shape index (κ1) is 12.0. The number of methoxy groups -OCH3 is 1. The lowest BCUT2D eigenvalue weighted by Gasteiger charge is -2.11. The number of rotatable bonds is 3. The number of halogens is 1. The summed E-state index contributed by atoms with van der Waals surface area (Å²) in [4.78, 5) is 12.2. The molecule has 18 heavy (non-hydrogen) atoms. The average Bonchev–Trinajstić information content (AvgIpc) is 2.81. The van der Waals surface area contributed by atoms with E-state index in [0.29, 0.717) is 29.2 Å². The fourth-order valence-corrected chi connectivity index (χ4v) is 3.05. The largest absolute Gasteiger partial charge is 0.496 e. The van der Waals surface area contributed by atoms with Gasteiger partial charge in [0.1, 0.15) is 5.75 Å². The van der Waals surface area contributed by atoms with Gasteiger partial charge in [-0.15, -0.1) is 0 Å². The lowest BCUT2D eigenvalue weighted by atomic mass is 10.2. The summed E-state index contributed by atoms with van der Waals surface area (Å²) in [5, 5.41) is 6.40. The minimum Gasteiger partial charge on any atom is -0.496 e. The van der Waals surface area contributed by atoms with Gasteiger partial charge in [0.2, 0.25) is 0 Å². The lowest BCUT2D eigenvalue weighted by Crippen LogP contribution is -2.32. The summed E-state index contributed by atoms with van der Waals surface area (Å²) >= 11 is 3.37. The number of fused-ring (bicyclic) bond motifs is 1. The minimum atomic E-state index is -0.0428. The first-order chi connectivity index (χ1) is 8.70. The third kappa shape index (κ3) is 2.01. The van der Waals surface area contributed by atoms with Gasteiger partial charge in [0.05, 0.1) is 12.7 Å². The third-order valence-electron chi connectivity index (χ3n) is 3.80. The molecule has 1 saturated heterocycles. The van der Waals surface area contributed by atoms with Crippen LogP contribution in [0.4, 0.5) is 0 Å². The molecule has 1 aliphatic heterocycles. The average molecular weight is 311 g/mol. The maximum atomic E-state index is 12.2. The molecule has 3 rings (SSSR count). The van der Waals surface area contributed by atoms with E-state index >= 15 is 0 Å². The van der Waals surface area contributed by atoms with E-state index < -0.39 is 0 Å². The summed E-state index contributed by atoms with van der Waals surface area (Å²) in [6, 6.07) is 5.79. The van der Waals surface area contributed by atoms with E-state index in [4.69, 9.17) is 4.74 Å². The van der Waals surface area contributed by atoms with Crippen molar-refractivity contribution in [3.63, 3.8) is 0 Å². The Bertz CT molecular complexity index is 482. The Morgan fingerprint density at radius 2 is 2.17 bits per heavy atom. The molecule has 0 bridgehead atoms. The SMILES string of the molecule is COc1cc(Br)ccc1C(=O)NC1C2CNCC21. The Morgan fingerprint density at radius 1 is 1.44 bits per heavy atom. The van der Waals surface area contributed by atoms with Crippen LogP contribution >= 0.6 is 15.9 Å². The smallest absolute Gasteiger partial charge is 0.255 e. The number of ether oxygens (including phenoxy) is 1. The van der Waals surface area contributed by atoms with Crippen LogP contribution in [-0.4, -0.2) is 32.1 Å². The maximum absolute atomic E-state index is 12.2. The van der Waals surface area contributed by atoms with Crippen LogP contribution in [0.5, 0.6) is 5.75 Å². The molecule has 1 aromatic rings. The quantitative estimate of drug-likeness (QED) is 0.887. The summed E-state index contributed by atoms with van der Waals surface area (Å²) in [6.45, 7) is 2.04. The second-order valence-corrected chi connectivity index (χ2v) is 5.75. The predicted octanol–water partition coefficient (Wildman–Crippen LogP) is 1.41. The van der Waals surface area contributed by atoms with Crippen molar-refractivity contribution in [3.05, 3.63) is 28.2 Å². The van der Waals surface area contributed by atoms with Crippen molar-refractivity contribution in [2.75, 3.05) is 20.2 Å². The molecule has 96 valence electrons. The van der Waals surface area contributed by atoms with Gasteiger partial charge in [0.15, 0.2) is 0 Å². The molecule has 2 fully saturated rings. The Hall–Kier alpha value is -1.07. The molecule has 0 radical (unpaired) electrons. The summed E-state index contributed by atoms with van der Waals surface area (Å²) in [5.74, 6) is 1.80. The second-order valence-electron chi connectivity index (χ2n) is 4.83. The molecule has 1 aliphatic carbocycles. The molecule has 2 unspecified atom stereocenters. The van der Waals surface area contributed by atoms with E-state index in [1.165, 1.54) is 0 Å². The van der Waals surface area contributed by atoms with Gasteiger partial charge in [0, 0.05) is 23.6 Å². The summed E-state index contributed by atoms with van der Waals surface area (Å²) in [6.07, 6.45) is 0. The molecular weight excluding hydrogens is 296 g/mol. The molecule has 1 aromatic carbocycles. The number of hydrogen-bond donors (Lipinski definition) is 2. The van der Waals surface area contributed by atoms with E-state index in [0.717, 1.165) is 17.6 Å². The summed E-state index contributed by atoms with van der Waals surface area (Å²) in [5.41, 5.74) is 0.596. The van der Waals surface area contributed by atoms with Gasteiger partial charge in [0.25, 0.3) is 5.91 Å². The van der Waals surface area contributed by atoms with Crippen LogP contribution in [0.1, 0.15) is 10.4 Å². The van der Waals surface area contributed by atoms with Crippen molar-refractivity contribution in [2.24, 2.45) is 11.8 Å². The number of carbonyl (C=O) groups is 1. The van der Waals surface area contributed by atoms with Gasteiger partial charge in [-0.25, -0.2) is 0 Å². The van der Waals surface area contributed by atoms with Crippen molar-refractivity contribution < 1.29 is 9.53 Å². The van der Waals surface area contributed by atoms with Crippen molar-refractivity contribution in [3.8, 4) is 5.75 Å². The molecular formula is C13H15BrN2O2. The molecule has 2 atom stereocenters. The molecule has 0 spiro atoms. The predicted molar refractivity (Wildman–Crippen MR) is 71.8 cm³/mol. The number of hydrogen-bond acceptors (Lipinski definition) is 3. The van der Waals surface area contributed by atoms with Crippen molar-refractivity contribution in [1.29, 1.82) is 0 Å². The minimum absolute atomic E-state index is 0.0428. The van der Waals surface area contributed by atoms with Crippen LogP contribution in [0.3, 0.4) is 0 Å². The van der Waals surface area contributed by atoms with Gasteiger partial charge in [-0.2, -0.15) is 0 Å². The van der Waals surface area contributed by atoms with E-state index in [9.17, 15) is 4.79 Å². The van der Waals surface area contributed by atoms with Crippen LogP contribution in [0, 0.1) is 11.8 Å². The zero-order chi connectivity index (χ0) is 12.7. The lowest BCUT2D eigenvalue weighted by molar-refractivity contribution is 0.0943. The fourth-order valence-electron chi connectivity index (χ4n) is 2.71. The summed E-state index contributed by atoms with van der Waals surface area (Å²) < 4.78 is 6.15. The molecule has 2 aliphatic rings. The Kier molecular flexibility index (Phi) is 3.03. The monoisotopic (exact) mass is 310 g/mol. The molecule has 0 aromatic heterocycles. The molecule has 5 heteroatoms. The number of amides is 1. The Balaban J connectivity index is 1.72. The molecule has 2 N–H and O–H groups in total. The number of carbonyl (C=O) groups excluding carboxylic acids is 1. The van der Waals surface area contributed by atoms with Crippen LogP contribution in [0.2, 0.25) is 0 Å². The van der Waals surface area contributed by atoms with Crippen molar-refractivity contribution >= 4 is 21.8 Å². The highest BCUT2D eigenvalue weighted by atomic mass is 79.9. The highest BCUT2D eigenvalue weighted by Crippen LogP contribution is 2.41. The van der Waals surface area contributed by atoms with Gasteiger partial charge in [-0.1, -0.05) is 15.9 Å². The van der Waals surface area contributed by atoms with Gasteiger partial charge in [-0.05, 0) is 30.0 Å². The van der Waals surface area contributed by atoms with E-state index in [1.807, 2.05) is 12.1 Å². The second kappa shape index (κ2) is 4.55. The zero-order valence-electron chi connectivity index (χ0n) is 10.1. The number of benzene rings is 1. The molecule has 1 saturated carbocycles. The van der Waals surface area contributed by atoms with E-state index in [1.54, 1.807) is 13.2 Å². The van der Waals surface area contributed by atoms with Crippen molar-refractivity contribution in [1.82, 2.24) is 10.6 Å². The van der Waals surface area contributed by atoms with E-state index in [2.05, 4.69) is 26.6 Å². The zero-order valence-corrected chi connectivity index (χ0v) is 11.7. The topological polar surface area (TPSA) is 50.4 Å². The van der Waals surface area contributed by atoms with Crippen LogP contribution in [0.15, 0.2) is 22.7 Å². The normalized spacial score (nSPS) is 28.7. The van der Waals surface area contributed by atoms with Crippen molar-refractivity contribution in [2.45, 2.75) is 6.04 Å². The first-order valence-electron chi connectivity index (χ1n) is 6.06. The first-order valence-corrected chi connectivity index (χ1v) is 6.85. The van der Waals surface area contributed by atoms with E-state index in [-0.39, 0.29) is 5.91 Å². The van der Waals surface area contributed by atoms with Gasteiger partial charge < -0.3 is 15.4 Å². The molecule has 4 nitrogen and oxygen atoms in total. The Labute approximate surface area is 114 Å². The van der Waals surface area contributed by atoms with Crippen LogP contribution in [0.25, 0.3) is 0 Å². The summed E-state index contributed by atoms with van der Waals surface area (Å²) in [7, 11) is 1.58. The standard InChI is InChI=1S/C13H15BrN2O2/c1-18-11-4-7(14)2-3-8(11)13(17)16-12-9-5-15-6-10(9)12/h2-4,9-10,12,15H,5-6H2,1H3,(H,16,17). The molecule has 1 heterocycles. The number of piperidine rings is 1. The van der Waals surface area contributed by atoms with Gasteiger partial charge in [-0.3, -0.25) is 4.79 Å². The maximum Gasteiger partial charge on any atom is 0.255 e. The highest BCUT2D eigenvalue weighted by molar-refractivity contribution is 9.10. The fraction of sp³-hybridized carbons (Fsp3) is 0.462. The Morgan fingerprint density at radius 3 is 2.83 bits per heavy atom. The molecule has 1 amide bonds. The third-order valence-corrected chi connectivity index (χ3v) is 4.29. The van der Waals surface area contributed by atoms with Crippen LogP contribution in [-0.2, 0) is 0 Å². The number of nitrogens with one attached hydrogen (secondary N) is 2. The van der Waals surface area contributed by atoms with Gasteiger partial charge >= 0.3 is 0 Å².